The van der Waals surface area contributed by atoms with E-state index >= 15 is 0 Å². The van der Waals surface area contributed by atoms with Crippen molar-refractivity contribution in [1.82, 2.24) is 0 Å². The Morgan fingerprint density at radius 1 is 0.923 bits per heavy atom. The van der Waals surface area contributed by atoms with Gasteiger partial charge in [0.05, 0.1) is 16.3 Å². The molecule has 2 aromatic rings. The van der Waals surface area contributed by atoms with E-state index in [0.29, 0.717) is 11.4 Å². The van der Waals surface area contributed by atoms with Crippen molar-refractivity contribution in [2.24, 2.45) is 0 Å². The highest BCUT2D eigenvalue weighted by molar-refractivity contribution is 7.92. The highest BCUT2D eigenvalue weighted by Gasteiger charge is 2.30. The molecule has 0 aromatic heterocycles. The van der Waals surface area contributed by atoms with Gasteiger partial charge in [0.15, 0.2) is 0 Å². The Kier molecular flexibility index (Phi) is 4.82. The summed E-state index contributed by atoms with van der Waals surface area (Å²) in [4.78, 5) is 24.7. The molecule has 2 aromatic carbocycles. The van der Waals surface area contributed by atoms with Gasteiger partial charge in [0.1, 0.15) is 0 Å². The Labute approximate surface area is 152 Å². The van der Waals surface area contributed by atoms with Crippen LogP contribution in [0, 0.1) is 0 Å². The smallest absolute Gasteiger partial charge is 0.261 e. The van der Waals surface area contributed by atoms with Crippen LogP contribution in [0.4, 0.5) is 11.4 Å². The van der Waals surface area contributed by atoms with E-state index in [1.54, 1.807) is 12.1 Å². The molecule has 1 saturated heterocycles. The van der Waals surface area contributed by atoms with Crippen molar-refractivity contribution in [3.63, 3.8) is 0 Å². The number of anilines is 2. The third-order valence-electron chi connectivity index (χ3n) is 4.28. The first-order chi connectivity index (χ1) is 12.3. The van der Waals surface area contributed by atoms with E-state index in [9.17, 15) is 18.0 Å². The van der Waals surface area contributed by atoms with E-state index in [-0.39, 0.29) is 35.5 Å². The fourth-order valence-corrected chi connectivity index (χ4v) is 4.02. The number of nitrogens with zero attached hydrogens (tertiary/aromatic N) is 1. The van der Waals surface area contributed by atoms with Crippen LogP contribution in [0.25, 0.3) is 0 Å². The summed E-state index contributed by atoms with van der Waals surface area (Å²) in [6.07, 6.45) is 0.374. The van der Waals surface area contributed by atoms with E-state index in [1.165, 1.54) is 24.3 Å². The number of nitrogens with one attached hydrogen (secondary N) is 1. The lowest BCUT2D eigenvalue weighted by atomic mass is 10.0. The van der Waals surface area contributed by atoms with Crippen LogP contribution in [0.3, 0.4) is 0 Å². The van der Waals surface area contributed by atoms with Crippen molar-refractivity contribution >= 4 is 33.2 Å². The minimum Gasteiger partial charge on any atom is -0.279 e. The summed E-state index contributed by atoms with van der Waals surface area (Å²) in [5, 5.41) is 0. The van der Waals surface area contributed by atoms with Crippen LogP contribution >= 0.6 is 0 Å². The number of carbonyl (C=O) groups excluding carboxylic acids is 2. The second-order valence-electron chi connectivity index (χ2n) is 6.46. The van der Waals surface area contributed by atoms with Crippen molar-refractivity contribution in [2.75, 3.05) is 9.62 Å². The van der Waals surface area contributed by atoms with Gasteiger partial charge in [-0.25, -0.2) is 8.42 Å². The molecule has 1 aliphatic rings. The molecule has 0 bridgehead atoms. The number of amides is 2. The summed E-state index contributed by atoms with van der Waals surface area (Å²) in [7, 11) is -3.78. The Hall–Kier alpha value is -2.67. The average molecular weight is 372 g/mol. The predicted octanol–water partition coefficient (Wildman–Crippen LogP) is 3.26. The largest absolute Gasteiger partial charge is 0.279 e. The fourth-order valence-electron chi connectivity index (χ4n) is 2.94. The zero-order chi connectivity index (χ0) is 18.9. The molecule has 1 fully saturated rings. The lowest BCUT2D eigenvalue weighted by molar-refractivity contribution is -0.121. The molecule has 7 heteroatoms. The maximum absolute atomic E-state index is 12.7. The lowest BCUT2D eigenvalue weighted by Gasteiger charge is -2.16. The van der Waals surface area contributed by atoms with Crippen LogP contribution < -0.4 is 9.62 Å². The molecular formula is C19H20N2O4S. The molecule has 2 amide bonds. The molecule has 3 rings (SSSR count). The molecule has 1 aliphatic heterocycles. The number of para-hydroxylation sites is 1. The third kappa shape index (κ3) is 3.48. The van der Waals surface area contributed by atoms with E-state index in [2.05, 4.69) is 4.72 Å². The van der Waals surface area contributed by atoms with Gasteiger partial charge in [0, 0.05) is 12.8 Å². The molecule has 1 heterocycles. The summed E-state index contributed by atoms with van der Waals surface area (Å²) in [6, 6.07) is 13.0. The molecule has 0 radical (unpaired) electrons. The Morgan fingerprint density at radius 3 is 2.08 bits per heavy atom. The molecule has 0 aliphatic carbocycles. The van der Waals surface area contributed by atoms with Gasteiger partial charge in [-0.05, 0) is 41.8 Å². The van der Waals surface area contributed by atoms with Crippen LogP contribution in [-0.2, 0) is 19.6 Å². The zero-order valence-corrected chi connectivity index (χ0v) is 15.4. The number of carbonyl (C=O) groups is 2. The second kappa shape index (κ2) is 6.92. The van der Waals surface area contributed by atoms with Crippen LogP contribution in [0.2, 0.25) is 0 Å². The summed E-state index contributed by atoms with van der Waals surface area (Å²) >= 11 is 0. The minimum atomic E-state index is -3.78. The van der Waals surface area contributed by atoms with Gasteiger partial charge in [0.25, 0.3) is 10.0 Å². The van der Waals surface area contributed by atoms with Gasteiger partial charge >= 0.3 is 0 Å². The van der Waals surface area contributed by atoms with E-state index in [1.807, 2.05) is 26.0 Å². The SMILES string of the molecule is CC(C)c1ccccc1NS(=O)(=O)c1ccc(N2C(=O)CCC2=O)cc1. The summed E-state index contributed by atoms with van der Waals surface area (Å²) in [5.41, 5.74) is 1.83. The molecule has 0 unspecified atom stereocenters. The number of hydrogen-bond donors (Lipinski definition) is 1. The zero-order valence-electron chi connectivity index (χ0n) is 14.6. The number of benzene rings is 2. The van der Waals surface area contributed by atoms with Gasteiger partial charge < -0.3 is 0 Å². The standard InChI is InChI=1S/C19H20N2O4S/c1-13(2)16-5-3-4-6-17(16)20-26(24,25)15-9-7-14(8-10-15)21-18(22)11-12-19(21)23/h3-10,13,20H,11-12H2,1-2H3. The normalized spacial score (nSPS) is 15.0. The Balaban J connectivity index is 1.87. The van der Waals surface area contributed by atoms with Crippen LogP contribution in [-0.4, -0.2) is 20.2 Å². The molecule has 26 heavy (non-hydrogen) atoms. The minimum absolute atomic E-state index is 0.0684. The van der Waals surface area contributed by atoms with Crippen molar-refractivity contribution < 1.29 is 18.0 Å². The van der Waals surface area contributed by atoms with Crippen LogP contribution in [0.1, 0.15) is 38.2 Å². The molecule has 1 N–H and O–H groups in total. The maximum atomic E-state index is 12.7. The monoisotopic (exact) mass is 372 g/mol. The molecule has 0 spiro atoms. The third-order valence-corrected chi connectivity index (χ3v) is 5.67. The Morgan fingerprint density at radius 2 is 1.50 bits per heavy atom. The van der Waals surface area contributed by atoms with Gasteiger partial charge in [-0.15, -0.1) is 0 Å². The maximum Gasteiger partial charge on any atom is 0.261 e. The highest BCUT2D eigenvalue weighted by atomic mass is 32.2. The number of rotatable bonds is 5. The number of hydrogen-bond acceptors (Lipinski definition) is 4. The van der Waals surface area contributed by atoms with Crippen LogP contribution in [0.5, 0.6) is 0 Å². The molecule has 0 saturated carbocycles. The summed E-state index contributed by atoms with van der Waals surface area (Å²) in [6.45, 7) is 3.98. The summed E-state index contributed by atoms with van der Waals surface area (Å²) < 4.78 is 28.0. The van der Waals surface area contributed by atoms with Crippen molar-refractivity contribution in [3.05, 3.63) is 54.1 Å². The molecule has 6 nitrogen and oxygen atoms in total. The molecule has 0 atom stereocenters. The number of imide groups is 1. The molecule has 136 valence electrons. The van der Waals surface area contributed by atoms with Gasteiger partial charge in [-0.2, -0.15) is 0 Å². The van der Waals surface area contributed by atoms with Gasteiger partial charge in [-0.3, -0.25) is 19.2 Å². The summed E-state index contributed by atoms with van der Waals surface area (Å²) in [5.74, 6) is -0.368. The van der Waals surface area contributed by atoms with Gasteiger partial charge in [0.2, 0.25) is 11.8 Å². The van der Waals surface area contributed by atoms with E-state index in [0.717, 1.165) is 10.5 Å². The first-order valence-corrected chi connectivity index (χ1v) is 9.85. The van der Waals surface area contributed by atoms with Crippen molar-refractivity contribution in [3.8, 4) is 0 Å². The van der Waals surface area contributed by atoms with Gasteiger partial charge in [-0.1, -0.05) is 32.0 Å². The fraction of sp³-hybridized carbons (Fsp3) is 0.263. The van der Waals surface area contributed by atoms with Crippen molar-refractivity contribution in [2.45, 2.75) is 37.5 Å². The van der Waals surface area contributed by atoms with E-state index in [4.69, 9.17) is 0 Å². The molecular weight excluding hydrogens is 352 g/mol. The predicted molar refractivity (Wildman–Crippen MR) is 99.5 cm³/mol. The average Bonchev–Trinajstić information content (AvgIpc) is 2.93. The topological polar surface area (TPSA) is 83.6 Å². The number of sulfonamides is 1. The van der Waals surface area contributed by atoms with Crippen molar-refractivity contribution in [1.29, 1.82) is 0 Å². The lowest BCUT2D eigenvalue weighted by Crippen LogP contribution is -2.28. The quantitative estimate of drug-likeness (QED) is 0.817. The first-order valence-electron chi connectivity index (χ1n) is 8.37. The van der Waals surface area contributed by atoms with E-state index < -0.39 is 10.0 Å². The van der Waals surface area contributed by atoms with Crippen LogP contribution in [0.15, 0.2) is 53.4 Å². The second-order valence-corrected chi connectivity index (χ2v) is 8.15. The first kappa shape index (κ1) is 18.1. The Bertz CT molecular complexity index is 934. The highest BCUT2D eigenvalue weighted by Crippen LogP contribution is 2.28.